The summed E-state index contributed by atoms with van der Waals surface area (Å²) in [7, 11) is 0. The molecule has 4 rings (SSSR count). The second kappa shape index (κ2) is 8.76. The van der Waals surface area contributed by atoms with E-state index in [9.17, 15) is 10.1 Å². The first kappa shape index (κ1) is 20.2. The van der Waals surface area contributed by atoms with Gasteiger partial charge < -0.3 is 14.9 Å². The predicted octanol–water partition coefficient (Wildman–Crippen LogP) is 4.84. The van der Waals surface area contributed by atoms with Crippen LogP contribution in [0.25, 0.3) is 22.7 Å². The molecule has 0 atom stereocenters. The largest absolute Gasteiger partial charge is 0.361 e. The molecule has 31 heavy (non-hydrogen) atoms. The summed E-state index contributed by atoms with van der Waals surface area (Å²) in [6.07, 6.45) is 6.24. The minimum absolute atomic E-state index is 0.0872. The summed E-state index contributed by atoms with van der Waals surface area (Å²) in [6.45, 7) is 4.60. The lowest BCUT2D eigenvalue weighted by molar-refractivity contribution is -0.117. The number of H-pyrrole nitrogens is 1. The summed E-state index contributed by atoms with van der Waals surface area (Å²) in [5.74, 6) is -0.365. The molecule has 0 spiro atoms. The monoisotopic (exact) mass is 408 g/mol. The summed E-state index contributed by atoms with van der Waals surface area (Å²) in [4.78, 5) is 15.9. The molecule has 4 aromatic rings. The van der Waals surface area contributed by atoms with Crippen LogP contribution < -0.4 is 5.32 Å². The Kier molecular flexibility index (Phi) is 5.72. The van der Waals surface area contributed by atoms with Gasteiger partial charge in [-0.25, -0.2) is 0 Å². The van der Waals surface area contributed by atoms with E-state index in [0.717, 1.165) is 33.4 Å². The Morgan fingerprint density at radius 2 is 1.97 bits per heavy atom. The Balaban J connectivity index is 1.49. The first-order valence-electron chi connectivity index (χ1n) is 10.3. The van der Waals surface area contributed by atoms with Gasteiger partial charge >= 0.3 is 0 Å². The minimum atomic E-state index is -0.365. The molecule has 0 unspecified atom stereocenters. The number of aryl methyl sites for hydroxylation is 1. The average molecular weight is 409 g/mol. The van der Waals surface area contributed by atoms with Crippen LogP contribution in [0.1, 0.15) is 22.4 Å². The van der Waals surface area contributed by atoms with Crippen molar-refractivity contribution >= 4 is 22.9 Å². The van der Waals surface area contributed by atoms with Crippen molar-refractivity contribution in [2.24, 2.45) is 0 Å². The van der Waals surface area contributed by atoms with E-state index >= 15 is 0 Å². The number of hydrogen-bond acceptors (Lipinski definition) is 2. The Bertz CT molecular complexity index is 1320. The van der Waals surface area contributed by atoms with Crippen LogP contribution >= 0.6 is 0 Å². The van der Waals surface area contributed by atoms with E-state index in [1.807, 2.05) is 65.5 Å². The van der Waals surface area contributed by atoms with Crippen molar-refractivity contribution in [2.45, 2.75) is 20.3 Å². The zero-order chi connectivity index (χ0) is 21.8. The zero-order valence-corrected chi connectivity index (χ0v) is 17.6. The molecule has 0 bridgehead atoms. The molecule has 0 saturated heterocycles. The molecule has 5 heteroatoms. The second-order valence-electron chi connectivity index (χ2n) is 7.56. The number of nitriles is 1. The lowest BCUT2D eigenvalue weighted by atomic mass is 10.1. The second-order valence-corrected chi connectivity index (χ2v) is 7.56. The molecule has 2 aromatic carbocycles. The maximum Gasteiger partial charge on any atom is 0.262 e. The van der Waals surface area contributed by atoms with Gasteiger partial charge in [-0.1, -0.05) is 30.3 Å². The molecule has 0 aliphatic carbocycles. The molecule has 2 N–H and O–H groups in total. The van der Waals surface area contributed by atoms with E-state index in [1.165, 1.54) is 5.56 Å². The third kappa shape index (κ3) is 4.15. The van der Waals surface area contributed by atoms with Gasteiger partial charge in [0.15, 0.2) is 0 Å². The summed E-state index contributed by atoms with van der Waals surface area (Å²) in [5.41, 5.74) is 6.48. The fourth-order valence-corrected chi connectivity index (χ4v) is 3.77. The summed E-state index contributed by atoms with van der Waals surface area (Å²) in [6, 6.07) is 20.1. The van der Waals surface area contributed by atoms with Gasteiger partial charge in [0.2, 0.25) is 0 Å². The van der Waals surface area contributed by atoms with E-state index in [2.05, 4.69) is 36.3 Å². The highest BCUT2D eigenvalue weighted by molar-refractivity contribution is 6.01. The third-order valence-electron chi connectivity index (χ3n) is 5.63. The number of carbonyl (C=O) groups is 1. The number of aromatic nitrogens is 2. The molecule has 0 aliphatic rings. The Morgan fingerprint density at radius 1 is 1.13 bits per heavy atom. The van der Waals surface area contributed by atoms with Gasteiger partial charge in [0.05, 0.1) is 0 Å². The number of benzene rings is 2. The first-order valence-corrected chi connectivity index (χ1v) is 10.3. The van der Waals surface area contributed by atoms with Gasteiger partial charge in [-0.05, 0) is 67.3 Å². The molecule has 5 nitrogen and oxygen atoms in total. The number of aromatic amines is 1. The van der Waals surface area contributed by atoms with Gasteiger partial charge in [0, 0.05) is 41.2 Å². The van der Waals surface area contributed by atoms with Crippen LogP contribution in [0.15, 0.2) is 72.6 Å². The lowest BCUT2D eigenvalue weighted by Crippen LogP contribution is -2.26. The van der Waals surface area contributed by atoms with Crippen molar-refractivity contribution in [1.82, 2.24) is 14.9 Å². The van der Waals surface area contributed by atoms with Crippen LogP contribution in [0.4, 0.5) is 0 Å². The number of carbonyl (C=O) groups excluding carboxylic acids is 1. The minimum Gasteiger partial charge on any atom is -0.361 e. The number of rotatable bonds is 6. The standard InChI is InChI=1S/C26H24N4O/c1-18-7-5-11-25(19(18)2)30-14-6-8-22(30)15-21(16-27)26(31)28-13-12-20-17-29-24-10-4-3-9-23(20)24/h3-11,14-15,17,29H,12-13H2,1-2H3,(H,28,31)/b21-15-. The van der Waals surface area contributed by atoms with Crippen molar-refractivity contribution in [1.29, 1.82) is 5.26 Å². The van der Waals surface area contributed by atoms with Crippen LogP contribution in [0.2, 0.25) is 0 Å². The van der Waals surface area contributed by atoms with Gasteiger partial charge in [0.1, 0.15) is 11.6 Å². The topological polar surface area (TPSA) is 73.6 Å². The van der Waals surface area contributed by atoms with Gasteiger partial charge in [-0.3, -0.25) is 4.79 Å². The average Bonchev–Trinajstić information content (AvgIpc) is 3.41. The van der Waals surface area contributed by atoms with Crippen LogP contribution in [0.5, 0.6) is 0 Å². The molecule has 2 aromatic heterocycles. The van der Waals surface area contributed by atoms with Gasteiger partial charge in [0.25, 0.3) is 5.91 Å². The van der Waals surface area contributed by atoms with Crippen molar-refractivity contribution in [3.8, 4) is 11.8 Å². The third-order valence-corrected chi connectivity index (χ3v) is 5.63. The first-order chi connectivity index (χ1) is 15.1. The number of nitrogens with zero attached hydrogens (tertiary/aromatic N) is 2. The highest BCUT2D eigenvalue weighted by Crippen LogP contribution is 2.21. The van der Waals surface area contributed by atoms with E-state index in [0.29, 0.717) is 13.0 Å². The van der Waals surface area contributed by atoms with Crippen molar-refractivity contribution in [3.05, 3.63) is 94.9 Å². The molecular weight excluding hydrogens is 384 g/mol. The SMILES string of the molecule is Cc1cccc(-n2cccc2/C=C(/C#N)C(=O)NCCc2c[nH]c3ccccc23)c1C. The number of amides is 1. The van der Waals surface area contributed by atoms with Crippen LogP contribution in [-0.2, 0) is 11.2 Å². The van der Waals surface area contributed by atoms with Gasteiger partial charge in [-0.15, -0.1) is 0 Å². The van der Waals surface area contributed by atoms with Crippen molar-refractivity contribution in [2.75, 3.05) is 6.54 Å². The van der Waals surface area contributed by atoms with Gasteiger partial charge in [-0.2, -0.15) is 5.26 Å². The van der Waals surface area contributed by atoms with E-state index in [1.54, 1.807) is 6.08 Å². The zero-order valence-electron chi connectivity index (χ0n) is 17.6. The molecular formula is C26H24N4O. The molecule has 0 radical (unpaired) electrons. The van der Waals surface area contributed by atoms with Crippen LogP contribution in [0, 0.1) is 25.2 Å². The number of hydrogen-bond donors (Lipinski definition) is 2. The maximum absolute atomic E-state index is 12.6. The number of para-hydroxylation sites is 1. The Hall–Kier alpha value is -4.04. The Labute approximate surface area is 181 Å². The van der Waals surface area contributed by atoms with E-state index in [-0.39, 0.29) is 11.5 Å². The molecule has 2 heterocycles. The number of fused-ring (bicyclic) bond motifs is 1. The maximum atomic E-state index is 12.6. The van der Waals surface area contributed by atoms with Crippen LogP contribution in [-0.4, -0.2) is 22.0 Å². The summed E-state index contributed by atoms with van der Waals surface area (Å²) in [5, 5.41) is 13.6. The normalized spacial score (nSPS) is 11.5. The summed E-state index contributed by atoms with van der Waals surface area (Å²) >= 11 is 0. The molecule has 1 amide bonds. The lowest BCUT2D eigenvalue weighted by Gasteiger charge is -2.12. The predicted molar refractivity (Wildman–Crippen MR) is 124 cm³/mol. The van der Waals surface area contributed by atoms with Crippen LogP contribution in [0.3, 0.4) is 0 Å². The summed E-state index contributed by atoms with van der Waals surface area (Å²) < 4.78 is 2.00. The number of nitrogens with one attached hydrogen (secondary N) is 2. The fourth-order valence-electron chi connectivity index (χ4n) is 3.77. The van der Waals surface area contributed by atoms with E-state index < -0.39 is 0 Å². The highest BCUT2D eigenvalue weighted by atomic mass is 16.1. The molecule has 0 aliphatic heterocycles. The quantitative estimate of drug-likeness (QED) is 0.354. The van der Waals surface area contributed by atoms with Crippen molar-refractivity contribution in [3.63, 3.8) is 0 Å². The van der Waals surface area contributed by atoms with Crippen molar-refractivity contribution < 1.29 is 4.79 Å². The van der Waals surface area contributed by atoms with E-state index in [4.69, 9.17) is 0 Å². The fraction of sp³-hybridized carbons (Fsp3) is 0.154. The molecule has 154 valence electrons. The smallest absolute Gasteiger partial charge is 0.262 e. The Morgan fingerprint density at radius 3 is 2.81 bits per heavy atom. The molecule has 0 fully saturated rings. The highest BCUT2D eigenvalue weighted by Gasteiger charge is 2.12. The molecule has 0 saturated carbocycles.